The average Bonchev–Trinajstić information content (AvgIpc) is 3.04. The zero-order valence-corrected chi connectivity index (χ0v) is 18.9. The number of aryl methyl sites for hydroxylation is 2. The van der Waals surface area contributed by atoms with Crippen LogP contribution < -0.4 is 10.1 Å². The molecule has 11 heteroatoms. The van der Waals surface area contributed by atoms with Gasteiger partial charge in [0.15, 0.2) is 0 Å². The van der Waals surface area contributed by atoms with Crippen molar-refractivity contribution < 1.29 is 26.7 Å². The van der Waals surface area contributed by atoms with Gasteiger partial charge in [0.25, 0.3) is 0 Å². The molecule has 0 aliphatic rings. The van der Waals surface area contributed by atoms with Crippen LogP contribution in [0.15, 0.2) is 41.3 Å². The second-order valence-electron chi connectivity index (χ2n) is 7.38. The zero-order valence-electron chi connectivity index (χ0n) is 18.1. The van der Waals surface area contributed by atoms with E-state index < -0.39 is 16.6 Å². The van der Waals surface area contributed by atoms with Crippen molar-refractivity contribution >= 4 is 32.7 Å². The van der Waals surface area contributed by atoms with E-state index in [0.29, 0.717) is 29.0 Å². The highest BCUT2D eigenvalue weighted by Crippen LogP contribution is 2.27. The van der Waals surface area contributed by atoms with Gasteiger partial charge in [-0.2, -0.15) is 8.78 Å². The van der Waals surface area contributed by atoms with Crippen LogP contribution in [0.2, 0.25) is 0 Å². The summed E-state index contributed by atoms with van der Waals surface area (Å²) in [5.74, 6) is 0.294. The Labute approximate surface area is 184 Å². The molecule has 1 N–H and O–H groups in total. The van der Waals surface area contributed by atoms with Crippen LogP contribution in [-0.4, -0.2) is 48.9 Å². The molecule has 0 bridgehead atoms. The fraction of sp³-hybridized carbons (Fsp3) is 0.333. The number of nitrogens with zero attached hydrogens (tertiary/aromatic N) is 3. The second kappa shape index (κ2) is 9.21. The van der Waals surface area contributed by atoms with Crippen LogP contribution in [0, 0.1) is 6.92 Å². The topological polar surface area (TPSA) is 93.5 Å². The van der Waals surface area contributed by atoms with Gasteiger partial charge in [0.1, 0.15) is 11.6 Å². The first-order valence-electron chi connectivity index (χ1n) is 9.73. The molecule has 2 aromatic carbocycles. The lowest BCUT2D eigenvalue weighted by molar-refractivity contribution is -0.116. The summed E-state index contributed by atoms with van der Waals surface area (Å²) in [5, 5.41) is 2.70. The molecule has 0 aliphatic heterocycles. The maximum absolute atomic E-state index is 12.5. The van der Waals surface area contributed by atoms with E-state index in [-0.39, 0.29) is 23.0 Å². The molecule has 0 saturated carbocycles. The Morgan fingerprint density at radius 1 is 1.25 bits per heavy atom. The number of amides is 1. The SMILES string of the molecule is Cc1c(NC(=O)CCc2nc3cc(S(=O)(=O)N(C)C)ccc3n2C)cccc1OC(F)F. The van der Waals surface area contributed by atoms with Gasteiger partial charge in [-0.15, -0.1) is 0 Å². The maximum Gasteiger partial charge on any atom is 0.387 e. The highest BCUT2D eigenvalue weighted by atomic mass is 32.2. The van der Waals surface area contributed by atoms with Gasteiger partial charge in [-0.25, -0.2) is 17.7 Å². The van der Waals surface area contributed by atoms with Crippen LogP contribution in [0.5, 0.6) is 5.75 Å². The van der Waals surface area contributed by atoms with Gasteiger partial charge < -0.3 is 14.6 Å². The minimum absolute atomic E-state index is 0.00312. The van der Waals surface area contributed by atoms with Gasteiger partial charge in [0.2, 0.25) is 15.9 Å². The molecule has 1 heterocycles. The third kappa shape index (κ3) is 4.89. The molecule has 3 aromatic rings. The molecule has 1 aromatic heterocycles. The molecule has 32 heavy (non-hydrogen) atoms. The predicted molar refractivity (Wildman–Crippen MR) is 116 cm³/mol. The summed E-state index contributed by atoms with van der Waals surface area (Å²) < 4.78 is 57.1. The van der Waals surface area contributed by atoms with Crippen LogP contribution in [-0.2, 0) is 28.3 Å². The summed E-state index contributed by atoms with van der Waals surface area (Å²) in [6.07, 6.45) is 0.401. The number of aromatic nitrogens is 2. The van der Waals surface area contributed by atoms with Crippen LogP contribution in [0.4, 0.5) is 14.5 Å². The molecule has 0 unspecified atom stereocenters. The number of imidazole rings is 1. The molecule has 1 amide bonds. The largest absolute Gasteiger partial charge is 0.434 e. The molecular formula is C21H24F2N4O4S. The van der Waals surface area contributed by atoms with Gasteiger partial charge >= 0.3 is 6.61 Å². The van der Waals surface area contributed by atoms with Gasteiger partial charge in [-0.1, -0.05) is 6.07 Å². The van der Waals surface area contributed by atoms with Crippen molar-refractivity contribution in [2.75, 3.05) is 19.4 Å². The van der Waals surface area contributed by atoms with Crippen LogP contribution in [0.3, 0.4) is 0 Å². The zero-order chi connectivity index (χ0) is 23.6. The van der Waals surface area contributed by atoms with Crippen molar-refractivity contribution in [3.8, 4) is 5.75 Å². The standard InChI is InChI=1S/C21H24F2N4O4S/c1-13-15(6-5-7-18(13)31-21(22)23)25-20(28)11-10-19-24-16-12-14(32(29,30)26(2)3)8-9-17(16)27(19)4/h5-9,12,21H,10-11H2,1-4H3,(H,25,28). The van der Waals surface area contributed by atoms with Crippen LogP contribution in [0.25, 0.3) is 11.0 Å². The van der Waals surface area contributed by atoms with E-state index >= 15 is 0 Å². The van der Waals surface area contributed by atoms with Crippen molar-refractivity contribution in [3.63, 3.8) is 0 Å². The molecule has 0 aliphatic carbocycles. The Balaban J connectivity index is 1.74. The number of carbonyl (C=O) groups excluding carboxylic acids is 1. The highest BCUT2D eigenvalue weighted by molar-refractivity contribution is 7.89. The number of carbonyl (C=O) groups is 1. The van der Waals surface area contributed by atoms with Crippen LogP contribution in [0.1, 0.15) is 17.8 Å². The van der Waals surface area contributed by atoms with E-state index in [2.05, 4.69) is 15.0 Å². The summed E-state index contributed by atoms with van der Waals surface area (Å²) in [5.41, 5.74) is 2.04. The number of sulfonamides is 1. The Kier molecular flexibility index (Phi) is 6.79. The van der Waals surface area contributed by atoms with Crippen molar-refractivity contribution in [1.29, 1.82) is 0 Å². The fourth-order valence-corrected chi connectivity index (χ4v) is 4.16. The molecule has 0 radical (unpaired) electrons. The lowest BCUT2D eigenvalue weighted by atomic mass is 10.1. The molecule has 8 nitrogen and oxygen atoms in total. The quantitative estimate of drug-likeness (QED) is 0.550. The van der Waals surface area contributed by atoms with Gasteiger partial charge in [0, 0.05) is 45.2 Å². The van der Waals surface area contributed by atoms with Crippen molar-refractivity contribution in [2.24, 2.45) is 7.05 Å². The number of rotatable bonds is 8. The highest BCUT2D eigenvalue weighted by Gasteiger charge is 2.19. The predicted octanol–water partition coefficient (Wildman–Crippen LogP) is 3.30. The summed E-state index contributed by atoms with van der Waals surface area (Å²) in [6.45, 7) is -1.37. The number of nitrogens with one attached hydrogen (secondary N) is 1. The Hall–Kier alpha value is -3.05. The van der Waals surface area contributed by atoms with Gasteiger partial charge in [0.05, 0.1) is 15.9 Å². The minimum Gasteiger partial charge on any atom is -0.434 e. The van der Waals surface area contributed by atoms with E-state index in [0.717, 1.165) is 9.82 Å². The van der Waals surface area contributed by atoms with E-state index in [1.807, 2.05) is 0 Å². The molecule has 172 valence electrons. The van der Waals surface area contributed by atoms with Crippen molar-refractivity contribution in [1.82, 2.24) is 13.9 Å². The molecule has 3 rings (SSSR count). The Morgan fingerprint density at radius 2 is 1.97 bits per heavy atom. The Bertz CT molecular complexity index is 1260. The summed E-state index contributed by atoms with van der Waals surface area (Å²) in [7, 11) is 1.12. The lowest BCUT2D eigenvalue weighted by Gasteiger charge is -2.13. The van der Waals surface area contributed by atoms with Crippen LogP contribution >= 0.6 is 0 Å². The second-order valence-corrected chi connectivity index (χ2v) is 9.53. The molecule has 0 spiro atoms. The van der Waals surface area contributed by atoms with Gasteiger partial charge in [-0.05, 0) is 37.3 Å². The Morgan fingerprint density at radius 3 is 2.62 bits per heavy atom. The van der Waals surface area contributed by atoms with E-state index in [4.69, 9.17) is 0 Å². The smallest absolute Gasteiger partial charge is 0.387 e. The van der Waals surface area contributed by atoms with Crippen molar-refractivity contribution in [2.45, 2.75) is 31.3 Å². The first-order chi connectivity index (χ1) is 15.0. The van der Waals surface area contributed by atoms with Gasteiger partial charge in [-0.3, -0.25) is 4.79 Å². The maximum atomic E-state index is 12.5. The third-order valence-corrected chi connectivity index (χ3v) is 6.88. The number of alkyl halides is 2. The first-order valence-corrected chi connectivity index (χ1v) is 11.2. The minimum atomic E-state index is -3.58. The average molecular weight is 467 g/mol. The molecular weight excluding hydrogens is 442 g/mol. The molecule has 0 fully saturated rings. The van der Waals surface area contributed by atoms with Crippen molar-refractivity contribution in [3.05, 3.63) is 47.8 Å². The number of hydrogen-bond acceptors (Lipinski definition) is 5. The van der Waals surface area contributed by atoms with E-state index in [1.165, 1.54) is 38.4 Å². The normalized spacial score (nSPS) is 12.0. The summed E-state index contributed by atoms with van der Waals surface area (Å²) in [4.78, 5) is 17.1. The summed E-state index contributed by atoms with van der Waals surface area (Å²) in [6, 6.07) is 9.24. The summed E-state index contributed by atoms with van der Waals surface area (Å²) >= 11 is 0. The number of halogens is 2. The van der Waals surface area contributed by atoms with E-state index in [1.54, 1.807) is 30.7 Å². The third-order valence-electron chi connectivity index (χ3n) is 5.07. The monoisotopic (exact) mass is 466 g/mol. The lowest BCUT2D eigenvalue weighted by Crippen LogP contribution is -2.22. The number of hydrogen-bond donors (Lipinski definition) is 1. The number of benzene rings is 2. The number of ether oxygens (including phenoxy) is 1. The molecule has 0 saturated heterocycles. The first kappa shape index (κ1) is 23.6. The number of fused-ring (bicyclic) bond motifs is 1. The van der Waals surface area contributed by atoms with E-state index in [9.17, 15) is 22.0 Å². The number of anilines is 1. The molecule has 0 atom stereocenters. The fourth-order valence-electron chi connectivity index (χ4n) is 3.24.